The topological polar surface area (TPSA) is 20.2 Å². The van der Waals surface area contributed by atoms with Gasteiger partial charge in [0.05, 0.1) is 0 Å². The fraction of sp³-hybridized carbons (Fsp3) is 0.500. The van der Waals surface area contributed by atoms with E-state index in [2.05, 4.69) is 55.5 Å². The summed E-state index contributed by atoms with van der Waals surface area (Å²) in [5.74, 6) is 0. The first-order valence-electron chi connectivity index (χ1n) is 10.0. The van der Waals surface area contributed by atoms with Crippen LogP contribution in [0.5, 0.6) is 0 Å². The van der Waals surface area contributed by atoms with Gasteiger partial charge in [0, 0.05) is 17.4 Å². The van der Waals surface area contributed by atoms with Crippen LogP contribution < -0.4 is 0 Å². The monoisotopic (exact) mass is 332 g/mol. The summed E-state index contributed by atoms with van der Waals surface area (Å²) in [5.41, 5.74) is 6.12. The summed E-state index contributed by atoms with van der Waals surface area (Å²) in [5, 5.41) is 10.8. The van der Waals surface area contributed by atoms with Crippen LogP contribution in [0.4, 0.5) is 0 Å². The lowest BCUT2D eigenvalue weighted by atomic mass is 9.37. The molecule has 1 heteroatoms. The molecule has 1 N–H and O–H groups in total. The lowest BCUT2D eigenvalue weighted by molar-refractivity contribution is -0.112. The summed E-state index contributed by atoms with van der Waals surface area (Å²) in [6.45, 7) is 2.71. The van der Waals surface area contributed by atoms with Gasteiger partial charge in [-0.15, -0.1) is 0 Å². The zero-order valence-electron chi connectivity index (χ0n) is 15.2. The molecule has 2 aromatic carbocycles. The summed E-state index contributed by atoms with van der Waals surface area (Å²) in [6.07, 6.45) is 8.65. The van der Waals surface area contributed by atoms with Crippen LogP contribution in [-0.4, -0.2) is 11.7 Å². The van der Waals surface area contributed by atoms with Gasteiger partial charge in [0.15, 0.2) is 0 Å². The molecule has 1 spiro atoms. The normalized spacial score (nSPS) is 31.6. The minimum Gasteiger partial charge on any atom is -0.396 e. The Morgan fingerprint density at radius 2 is 1.24 bits per heavy atom. The quantitative estimate of drug-likeness (QED) is 0.748. The van der Waals surface area contributed by atoms with Crippen LogP contribution in [0.15, 0.2) is 48.5 Å². The maximum absolute atomic E-state index is 10.8. The van der Waals surface area contributed by atoms with Crippen molar-refractivity contribution in [3.05, 3.63) is 59.7 Å². The van der Waals surface area contributed by atoms with Crippen molar-refractivity contribution in [3.8, 4) is 11.1 Å². The average Bonchev–Trinajstić information content (AvgIpc) is 2.95. The number of hydrogen-bond donors (Lipinski definition) is 1. The SMILES string of the molecule is CCC12CCCC(CO)(CCC1)C21c2ccccc2-c2ccccc21. The maximum Gasteiger partial charge on any atom is 0.0499 e. The van der Waals surface area contributed by atoms with Crippen molar-refractivity contribution in [1.29, 1.82) is 0 Å². The minimum atomic E-state index is -0.00676. The van der Waals surface area contributed by atoms with Crippen molar-refractivity contribution in [1.82, 2.24) is 0 Å². The molecule has 0 aromatic heterocycles. The number of aliphatic hydroxyl groups is 1. The smallest absolute Gasteiger partial charge is 0.0499 e. The first-order chi connectivity index (χ1) is 12.2. The Morgan fingerprint density at radius 1 is 0.760 bits per heavy atom. The van der Waals surface area contributed by atoms with Crippen LogP contribution in [-0.2, 0) is 5.41 Å². The number of hydrogen-bond acceptors (Lipinski definition) is 1. The Morgan fingerprint density at radius 3 is 1.72 bits per heavy atom. The molecule has 2 aromatic rings. The van der Waals surface area contributed by atoms with Gasteiger partial charge < -0.3 is 5.11 Å². The molecular weight excluding hydrogens is 304 g/mol. The van der Waals surface area contributed by atoms with Gasteiger partial charge in [0.1, 0.15) is 0 Å². The molecule has 0 heterocycles. The molecule has 2 fully saturated rings. The van der Waals surface area contributed by atoms with E-state index in [9.17, 15) is 5.11 Å². The van der Waals surface area contributed by atoms with Gasteiger partial charge >= 0.3 is 0 Å². The zero-order chi connectivity index (χ0) is 17.1. The summed E-state index contributed by atoms with van der Waals surface area (Å²) in [7, 11) is 0. The van der Waals surface area contributed by atoms with Crippen LogP contribution in [0, 0.1) is 10.8 Å². The predicted octanol–water partition coefficient (Wildman–Crippen LogP) is 5.70. The van der Waals surface area contributed by atoms with Crippen LogP contribution in [0.25, 0.3) is 11.1 Å². The van der Waals surface area contributed by atoms with E-state index < -0.39 is 0 Å². The third-order valence-electron chi connectivity index (χ3n) is 8.14. The van der Waals surface area contributed by atoms with Gasteiger partial charge in [-0.2, -0.15) is 0 Å². The van der Waals surface area contributed by atoms with Crippen molar-refractivity contribution in [3.63, 3.8) is 0 Å². The van der Waals surface area contributed by atoms with Gasteiger partial charge in [-0.3, -0.25) is 0 Å². The second-order valence-corrected chi connectivity index (χ2v) is 8.62. The highest BCUT2D eigenvalue weighted by Gasteiger charge is 2.69. The Hall–Kier alpha value is -1.60. The van der Waals surface area contributed by atoms with Crippen molar-refractivity contribution < 1.29 is 5.11 Å². The Bertz CT molecular complexity index is 741. The third-order valence-corrected chi connectivity index (χ3v) is 8.14. The van der Waals surface area contributed by atoms with Crippen molar-refractivity contribution >= 4 is 0 Å². The Kier molecular flexibility index (Phi) is 3.26. The van der Waals surface area contributed by atoms with E-state index in [1.165, 1.54) is 54.4 Å². The molecule has 1 nitrogen and oxygen atoms in total. The van der Waals surface area contributed by atoms with Gasteiger partial charge in [-0.25, -0.2) is 0 Å². The molecule has 0 unspecified atom stereocenters. The van der Waals surface area contributed by atoms with Crippen LogP contribution in [0.1, 0.15) is 63.0 Å². The molecule has 130 valence electrons. The first kappa shape index (κ1) is 15.6. The van der Waals surface area contributed by atoms with Gasteiger partial charge in [0.2, 0.25) is 0 Å². The lowest BCUT2D eigenvalue weighted by Crippen LogP contribution is -2.63. The van der Waals surface area contributed by atoms with E-state index in [0.717, 1.165) is 12.8 Å². The number of benzene rings is 2. The molecule has 25 heavy (non-hydrogen) atoms. The predicted molar refractivity (Wildman–Crippen MR) is 103 cm³/mol. The fourth-order valence-electron chi connectivity index (χ4n) is 7.37. The summed E-state index contributed by atoms with van der Waals surface area (Å²) >= 11 is 0. The lowest BCUT2D eigenvalue weighted by Gasteiger charge is -2.66. The van der Waals surface area contributed by atoms with E-state index >= 15 is 0 Å². The molecule has 3 aliphatic rings. The second-order valence-electron chi connectivity index (χ2n) is 8.62. The van der Waals surface area contributed by atoms with E-state index in [0.29, 0.717) is 6.61 Å². The standard InChI is InChI=1S/C24H28O/c1-2-22-13-7-15-23(17-25,16-8-14-22)24(22)20-11-5-3-9-18(20)19-10-4-6-12-21(19)24/h3-6,9-12,25H,2,7-8,13-17H2,1H3. The first-order valence-corrected chi connectivity index (χ1v) is 10.0. The van der Waals surface area contributed by atoms with E-state index in [1.807, 2.05) is 0 Å². The minimum absolute atomic E-state index is 0.00220. The molecule has 0 aliphatic heterocycles. The average molecular weight is 332 g/mol. The van der Waals surface area contributed by atoms with E-state index in [1.54, 1.807) is 0 Å². The molecule has 0 saturated heterocycles. The highest BCUT2D eigenvalue weighted by Crippen LogP contribution is 2.74. The number of fused-ring (bicyclic) bond motifs is 3. The van der Waals surface area contributed by atoms with Gasteiger partial charge in [-0.05, 0) is 59.8 Å². The van der Waals surface area contributed by atoms with E-state index in [-0.39, 0.29) is 16.2 Å². The summed E-state index contributed by atoms with van der Waals surface area (Å²) in [6, 6.07) is 18.1. The maximum atomic E-state index is 10.8. The van der Waals surface area contributed by atoms with Crippen LogP contribution in [0.3, 0.4) is 0 Å². The molecule has 0 atom stereocenters. The van der Waals surface area contributed by atoms with Crippen molar-refractivity contribution in [2.24, 2.45) is 10.8 Å². The third kappa shape index (κ3) is 1.60. The summed E-state index contributed by atoms with van der Waals surface area (Å²) < 4.78 is 0. The molecule has 3 aliphatic carbocycles. The van der Waals surface area contributed by atoms with Gasteiger partial charge in [-0.1, -0.05) is 68.3 Å². The van der Waals surface area contributed by atoms with Gasteiger partial charge in [0.25, 0.3) is 0 Å². The zero-order valence-corrected chi connectivity index (χ0v) is 15.2. The molecule has 5 rings (SSSR count). The highest BCUT2D eigenvalue weighted by molar-refractivity contribution is 5.82. The number of aliphatic hydroxyl groups excluding tert-OH is 1. The van der Waals surface area contributed by atoms with Crippen LogP contribution >= 0.6 is 0 Å². The Balaban J connectivity index is 1.95. The second kappa shape index (κ2) is 5.20. The molecule has 0 amide bonds. The van der Waals surface area contributed by atoms with Crippen molar-refractivity contribution in [2.75, 3.05) is 6.61 Å². The fourth-order valence-corrected chi connectivity index (χ4v) is 7.37. The highest BCUT2D eigenvalue weighted by atomic mass is 16.3. The van der Waals surface area contributed by atoms with Crippen molar-refractivity contribution in [2.45, 2.75) is 57.3 Å². The van der Waals surface area contributed by atoms with E-state index in [4.69, 9.17) is 0 Å². The molecule has 2 bridgehead atoms. The Labute approximate surface area is 151 Å². The molecule has 0 radical (unpaired) electrons. The van der Waals surface area contributed by atoms with Crippen LogP contribution in [0.2, 0.25) is 0 Å². The largest absolute Gasteiger partial charge is 0.396 e. The number of rotatable bonds is 2. The summed E-state index contributed by atoms with van der Waals surface area (Å²) in [4.78, 5) is 0. The molecule has 2 saturated carbocycles. The molecular formula is C24H28O.